The Kier molecular flexibility index (Phi) is 2.63. The maximum Gasteiger partial charge on any atom is 0.221 e. The molecule has 0 atom stereocenters. The van der Waals surface area contributed by atoms with Gasteiger partial charge in [-0.05, 0) is 24.6 Å². The summed E-state index contributed by atoms with van der Waals surface area (Å²) in [6, 6.07) is 5.87. The molecule has 76 valence electrons. The van der Waals surface area contributed by atoms with Crippen molar-refractivity contribution < 1.29 is 4.74 Å². The number of ether oxygens (including phenoxy) is 1. The molecule has 0 amide bonds. The third-order valence-electron chi connectivity index (χ3n) is 2.27. The minimum Gasteiger partial charge on any atom is -0.481 e. The summed E-state index contributed by atoms with van der Waals surface area (Å²) in [5.41, 5.74) is 3.17. The number of hydrogen-bond acceptors (Lipinski definition) is 3. The third-order valence-corrected chi connectivity index (χ3v) is 2.27. The van der Waals surface area contributed by atoms with Gasteiger partial charge in [0.1, 0.15) is 0 Å². The van der Waals surface area contributed by atoms with Crippen LogP contribution in [-0.2, 0) is 0 Å². The number of hydrogen-bond donors (Lipinski definition) is 0. The Morgan fingerprint density at radius 3 is 2.73 bits per heavy atom. The maximum atomic E-state index is 5.24. The zero-order chi connectivity index (χ0) is 10.7. The highest BCUT2D eigenvalue weighted by atomic mass is 16.5. The summed E-state index contributed by atoms with van der Waals surface area (Å²) in [5, 5.41) is 0. The molecule has 0 aliphatic carbocycles. The van der Waals surface area contributed by atoms with Crippen LogP contribution in [0.2, 0.25) is 0 Å². The van der Waals surface area contributed by atoms with E-state index in [1.807, 2.05) is 31.3 Å². The number of methoxy groups -OCH3 is 1. The average molecular weight is 200 g/mol. The Balaban J connectivity index is 2.61. The van der Waals surface area contributed by atoms with Gasteiger partial charge in [-0.1, -0.05) is 6.07 Å². The van der Waals surface area contributed by atoms with E-state index in [1.54, 1.807) is 19.5 Å². The highest BCUT2D eigenvalue weighted by molar-refractivity contribution is 5.71. The first-order valence-corrected chi connectivity index (χ1v) is 4.73. The number of nitrogens with zero attached hydrogens (tertiary/aromatic N) is 2. The predicted octanol–water partition coefficient (Wildman–Crippen LogP) is 2.46. The summed E-state index contributed by atoms with van der Waals surface area (Å²) in [4.78, 5) is 8.28. The van der Waals surface area contributed by atoms with Gasteiger partial charge in [-0.3, -0.25) is 4.98 Å². The van der Waals surface area contributed by atoms with E-state index in [-0.39, 0.29) is 0 Å². The van der Waals surface area contributed by atoms with Gasteiger partial charge in [0.25, 0.3) is 0 Å². The molecular weight excluding hydrogens is 188 g/mol. The normalized spacial score (nSPS) is 10.0. The molecule has 0 aromatic carbocycles. The van der Waals surface area contributed by atoms with E-state index in [4.69, 9.17) is 4.74 Å². The SMILES string of the molecule is COc1nccc(C)c1-c1cccnc1. The first kappa shape index (κ1) is 9.65. The Hall–Kier alpha value is -1.90. The summed E-state index contributed by atoms with van der Waals surface area (Å²) >= 11 is 0. The summed E-state index contributed by atoms with van der Waals surface area (Å²) < 4.78 is 5.24. The molecule has 2 heterocycles. The summed E-state index contributed by atoms with van der Waals surface area (Å²) in [6.45, 7) is 2.03. The molecule has 3 heteroatoms. The Bertz CT molecular complexity index is 454. The van der Waals surface area contributed by atoms with Crippen LogP contribution < -0.4 is 4.74 Å². The van der Waals surface area contributed by atoms with Crippen LogP contribution in [0.15, 0.2) is 36.8 Å². The van der Waals surface area contributed by atoms with Crippen molar-refractivity contribution in [2.24, 2.45) is 0 Å². The third kappa shape index (κ3) is 1.81. The maximum absolute atomic E-state index is 5.24. The van der Waals surface area contributed by atoms with Gasteiger partial charge >= 0.3 is 0 Å². The molecule has 3 nitrogen and oxygen atoms in total. The predicted molar refractivity (Wildman–Crippen MR) is 58.8 cm³/mol. The van der Waals surface area contributed by atoms with Gasteiger partial charge in [0.2, 0.25) is 5.88 Å². The lowest BCUT2D eigenvalue weighted by atomic mass is 10.0. The van der Waals surface area contributed by atoms with Gasteiger partial charge < -0.3 is 4.74 Å². The number of aryl methyl sites for hydroxylation is 1. The number of rotatable bonds is 2. The number of aromatic nitrogens is 2. The molecule has 0 spiro atoms. The topological polar surface area (TPSA) is 35.0 Å². The van der Waals surface area contributed by atoms with E-state index in [0.29, 0.717) is 5.88 Å². The Morgan fingerprint density at radius 2 is 2.07 bits per heavy atom. The lowest BCUT2D eigenvalue weighted by Gasteiger charge is -2.09. The number of pyridine rings is 2. The largest absolute Gasteiger partial charge is 0.481 e. The van der Waals surface area contributed by atoms with E-state index in [9.17, 15) is 0 Å². The van der Waals surface area contributed by atoms with E-state index < -0.39 is 0 Å². The van der Waals surface area contributed by atoms with Crippen molar-refractivity contribution in [3.63, 3.8) is 0 Å². The van der Waals surface area contributed by atoms with E-state index in [0.717, 1.165) is 16.7 Å². The van der Waals surface area contributed by atoms with Gasteiger partial charge in [-0.25, -0.2) is 4.98 Å². The molecule has 2 rings (SSSR count). The van der Waals surface area contributed by atoms with Gasteiger partial charge in [0.15, 0.2) is 0 Å². The van der Waals surface area contributed by atoms with Crippen LogP contribution in [0.5, 0.6) is 5.88 Å². The quantitative estimate of drug-likeness (QED) is 0.747. The highest BCUT2D eigenvalue weighted by Crippen LogP contribution is 2.29. The fourth-order valence-corrected chi connectivity index (χ4v) is 1.55. The second-order valence-electron chi connectivity index (χ2n) is 3.25. The molecule has 0 aliphatic rings. The van der Waals surface area contributed by atoms with Crippen molar-refractivity contribution in [2.45, 2.75) is 6.92 Å². The summed E-state index contributed by atoms with van der Waals surface area (Å²) in [6.07, 6.45) is 5.31. The Morgan fingerprint density at radius 1 is 1.20 bits per heavy atom. The van der Waals surface area contributed by atoms with Crippen LogP contribution in [-0.4, -0.2) is 17.1 Å². The van der Waals surface area contributed by atoms with Gasteiger partial charge in [-0.15, -0.1) is 0 Å². The minimum atomic E-state index is 0.642. The van der Waals surface area contributed by atoms with Crippen molar-refractivity contribution in [3.05, 3.63) is 42.4 Å². The van der Waals surface area contributed by atoms with Crippen LogP contribution in [0.1, 0.15) is 5.56 Å². The summed E-state index contributed by atoms with van der Waals surface area (Å²) in [5.74, 6) is 0.642. The molecule has 0 aliphatic heterocycles. The lowest BCUT2D eigenvalue weighted by Crippen LogP contribution is -1.94. The second kappa shape index (κ2) is 4.09. The molecule has 0 fully saturated rings. The molecule has 2 aromatic heterocycles. The molecule has 0 radical (unpaired) electrons. The lowest BCUT2D eigenvalue weighted by molar-refractivity contribution is 0.399. The average Bonchev–Trinajstić information content (AvgIpc) is 2.29. The van der Waals surface area contributed by atoms with Crippen LogP contribution >= 0.6 is 0 Å². The molecule has 0 saturated carbocycles. The minimum absolute atomic E-state index is 0.642. The molecule has 15 heavy (non-hydrogen) atoms. The zero-order valence-electron chi connectivity index (χ0n) is 8.77. The van der Waals surface area contributed by atoms with Crippen LogP contribution in [0.25, 0.3) is 11.1 Å². The fourth-order valence-electron chi connectivity index (χ4n) is 1.55. The van der Waals surface area contributed by atoms with E-state index in [2.05, 4.69) is 9.97 Å². The first-order valence-electron chi connectivity index (χ1n) is 4.73. The van der Waals surface area contributed by atoms with Crippen molar-refractivity contribution in [1.29, 1.82) is 0 Å². The van der Waals surface area contributed by atoms with Gasteiger partial charge in [0.05, 0.1) is 7.11 Å². The molecule has 0 unspecified atom stereocenters. The van der Waals surface area contributed by atoms with Gasteiger partial charge in [0, 0.05) is 29.7 Å². The van der Waals surface area contributed by atoms with Gasteiger partial charge in [-0.2, -0.15) is 0 Å². The van der Waals surface area contributed by atoms with Crippen LogP contribution in [0.4, 0.5) is 0 Å². The highest BCUT2D eigenvalue weighted by Gasteiger charge is 2.09. The fraction of sp³-hybridized carbons (Fsp3) is 0.167. The molecule has 0 saturated heterocycles. The van der Waals surface area contributed by atoms with Crippen molar-refractivity contribution >= 4 is 0 Å². The first-order chi connectivity index (χ1) is 7.33. The Labute approximate surface area is 88.8 Å². The van der Waals surface area contributed by atoms with E-state index in [1.165, 1.54) is 0 Å². The molecule has 2 aromatic rings. The van der Waals surface area contributed by atoms with Crippen LogP contribution in [0, 0.1) is 6.92 Å². The standard InChI is InChI=1S/C12H12N2O/c1-9-5-7-14-12(15-2)11(9)10-4-3-6-13-8-10/h3-8H,1-2H3. The molecule has 0 bridgehead atoms. The summed E-state index contributed by atoms with van der Waals surface area (Å²) in [7, 11) is 1.63. The second-order valence-corrected chi connectivity index (χ2v) is 3.25. The smallest absolute Gasteiger partial charge is 0.221 e. The van der Waals surface area contributed by atoms with Crippen molar-refractivity contribution in [3.8, 4) is 17.0 Å². The molecule has 0 N–H and O–H groups in total. The van der Waals surface area contributed by atoms with E-state index >= 15 is 0 Å². The van der Waals surface area contributed by atoms with Crippen molar-refractivity contribution in [1.82, 2.24) is 9.97 Å². The van der Waals surface area contributed by atoms with Crippen LogP contribution in [0.3, 0.4) is 0 Å². The van der Waals surface area contributed by atoms with Crippen molar-refractivity contribution in [2.75, 3.05) is 7.11 Å². The monoisotopic (exact) mass is 200 g/mol. The zero-order valence-corrected chi connectivity index (χ0v) is 8.77. The molecular formula is C12H12N2O.